The van der Waals surface area contributed by atoms with E-state index in [4.69, 9.17) is 10.6 Å². The van der Waals surface area contributed by atoms with Crippen LogP contribution in [-0.4, -0.2) is 7.11 Å². The molecule has 2 aromatic rings. The number of nitrogens with one attached hydrogen (secondary N) is 1. The first kappa shape index (κ1) is 13.5. The molecule has 1 atom stereocenters. The van der Waals surface area contributed by atoms with Crippen molar-refractivity contribution in [1.82, 2.24) is 5.43 Å². The van der Waals surface area contributed by atoms with E-state index < -0.39 is 6.04 Å². The molecule has 4 heteroatoms. The minimum Gasteiger partial charge on any atom is -0.496 e. The van der Waals surface area contributed by atoms with Crippen LogP contribution in [0, 0.1) is 12.7 Å². The lowest BCUT2D eigenvalue weighted by molar-refractivity contribution is 0.397. The van der Waals surface area contributed by atoms with Gasteiger partial charge in [0.2, 0.25) is 0 Å². The third-order valence-corrected chi connectivity index (χ3v) is 3.19. The zero-order valence-corrected chi connectivity index (χ0v) is 11.0. The average Bonchev–Trinajstić information content (AvgIpc) is 2.43. The number of nitrogens with two attached hydrogens (primary N) is 1. The lowest BCUT2D eigenvalue weighted by Crippen LogP contribution is -2.30. The molecule has 3 N–H and O–H groups in total. The molecule has 0 aromatic heterocycles. The fourth-order valence-corrected chi connectivity index (χ4v) is 2.21. The molecule has 0 saturated carbocycles. The zero-order valence-electron chi connectivity index (χ0n) is 11.0. The number of ether oxygens (including phenoxy) is 1. The van der Waals surface area contributed by atoms with Gasteiger partial charge >= 0.3 is 0 Å². The van der Waals surface area contributed by atoms with Crippen LogP contribution >= 0.6 is 0 Å². The second kappa shape index (κ2) is 5.82. The molecule has 2 aromatic carbocycles. The van der Waals surface area contributed by atoms with Gasteiger partial charge in [-0.15, -0.1) is 0 Å². The van der Waals surface area contributed by atoms with E-state index in [1.165, 1.54) is 13.2 Å². The number of benzene rings is 2. The van der Waals surface area contributed by atoms with E-state index in [1.54, 1.807) is 12.1 Å². The predicted molar refractivity (Wildman–Crippen MR) is 73.3 cm³/mol. The van der Waals surface area contributed by atoms with E-state index in [-0.39, 0.29) is 5.82 Å². The Hall–Kier alpha value is -1.91. The summed E-state index contributed by atoms with van der Waals surface area (Å²) in [4.78, 5) is 0. The molecule has 0 bridgehead atoms. The highest BCUT2D eigenvalue weighted by Crippen LogP contribution is 2.32. The van der Waals surface area contributed by atoms with Crippen molar-refractivity contribution >= 4 is 0 Å². The van der Waals surface area contributed by atoms with Crippen molar-refractivity contribution in [3.8, 4) is 5.75 Å². The second-order valence-electron chi connectivity index (χ2n) is 4.31. The van der Waals surface area contributed by atoms with Gasteiger partial charge in [-0.3, -0.25) is 5.84 Å². The SMILES string of the molecule is COc1cccc(F)c1C(NN)c1ccccc1C. The molecule has 2 rings (SSSR count). The first-order valence-corrected chi connectivity index (χ1v) is 6.03. The summed E-state index contributed by atoms with van der Waals surface area (Å²) < 4.78 is 19.4. The number of methoxy groups -OCH3 is 1. The molecular weight excluding hydrogens is 243 g/mol. The number of halogens is 1. The zero-order chi connectivity index (χ0) is 13.8. The number of hydrazine groups is 1. The molecule has 0 fully saturated rings. The molecule has 0 aliphatic heterocycles. The van der Waals surface area contributed by atoms with Crippen LogP contribution in [0.3, 0.4) is 0 Å². The minimum atomic E-state index is -0.447. The molecule has 19 heavy (non-hydrogen) atoms. The van der Waals surface area contributed by atoms with Crippen LogP contribution in [0.15, 0.2) is 42.5 Å². The van der Waals surface area contributed by atoms with Gasteiger partial charge in [0.15, 0.2) is 0 Å². The average molecular weight is 260 g/mol. The maximum absolute atomic E-state index is 14.1. The summed E-state index contributed by atoms with van der Waals surface area (Å²) in [7, 11) is 1.52. The first-order chi connectivity index (χ1) is 9.19. The third-order valence-electron chi connectivity index (χ3n) is 3.19. The Kier molecular flexibility index (Phi) is 4.14. The predicted octanol–water partition coefficient (Wildman–Crippen LogP) is 2.70. The summed E-state index contributed by atoms with van der Waals surface area (Å²) >= 11 is 0. The van der Waals surface area contributed by atoms with Gasteiger partial charge < -0.3 is 4.74 Å². The largest absolute Gasteiger partial charge is 0.496 e. The van der Waals surface area contributed by atoms with Crippen molar-refractivity contribution in [2.24, 2.45) is 5.84 Å². The lowest BCUT2D eigenvalue weighted by Gasteiger charge is -2.21. The first-order valence-electron chi connectivity index (χ1n) is 6.03. The van der Waals surface area contributed by atoms with Crippen LogP contribution in [0.2, 0.25) is 0 Å². The summed E-state index contributed by atoms with van der Waals surface area (Å²) in [5.41, 5.74) is 5.05. The van der Waals surface area contributed by atoms with Gasteiger partial charge in [0.05, 0.1) is 18.7 Å². The van der Waals surface area contributed by atoms with Crippen molar-refractivity contribution in [3.05, 3.63) is 65.0 Å². The fourth-order valence-electron chi connectivity index (χ4n) is 2.21. The van der Waals surface area contributed by atoms with Crippen LogP contribution in [0.1, 0.15) is 22.7 Å². The molecule has 3 nitrogen and oxygen atoms in total. The van der Waals surface area contributed by atoms with E-state index >= 15 is 0 Å². The number of rotatable bonds is 4. The number of hydrogen-bond donors (Lipinski definition) is 2. The molecule has 0 aliphatic carbocycles. The normalized spacial score (nSPS) is 12.2. The van der Waals surface area contributed by atoms with Gasteiger partial charge in [-0.25, -0.2) is 9.82 Å². The lowest BCUT2D eigenvalue weighted by atomic mass is 9.94. The minimum absolute atomic E-state index is 0.342. The molecule has 0 amide bonds. The van der Waals surface area contributed by atoms with Gasteiger partial charge in [0.25, 0.3) is 0 Å². The Bertz CT molecular complexity index is 572. The summed E-state index contributed by atoms with van der Waals surface area (Å²) in [6.45, 7) is 1.97. The smallest absolute Gasteiger partial charge is 0.132 e. The topological polar surface area (TPSA) is 47.3 Å². The third kappa shape index (κ3) is 2.59. The molecule has 1 unspecified atom stereocenters. The Morgan fingerprint density at radius 3 is 2.53 bits per heavy atom. The maximum Gasteiger partial charge on any atom is 0.132 e. The van der Waals surface area contributed by atoms with E-state index in [1.807, 2.05) is 31.2 Å². The van der Waals surface area contributed by atoms with E-state index in [9.17, 15) is 4.39 Å². The Balaban J connectivity index is 2.58. The van der Waals surface area contributed by atoms with Crippen LogP contribution in [0.5, 0.6) is 5.75 Å². The second-order valence-corrected chi connectivity index (χ2v) is 4.31. The van der Waals surface area contributed by atoms with Crippen molar-refractivity contribution in [1.29, 1.82) is 0 Å². The standard InChI is InChI=1S/C15H17FN2O/c1-10-6-3-4-7-11(10)15(18-17)14-12(16)8-5-9-13(14)19-2/h3-9,15,18H,17H2,1-2H3. The van der Waals surface area contributed by atoms with Crippen molar-refractivity contribution in [3.63, 3.8) is 0 Å². The van der Waals surface area contributed by atoms with Crippen molar-refractivity contribution < 1.29 is 9.13 Å². The van der Waals surface area contributed by atoms with E-state index in [0.29, 0.717) is 11.3 Å². The quantitative estimate of drug-likeness (QED) is 0.656. The molecule has 0 spiro atoms. The van der Waals surface area contributed by atoms with E-state index in [0.717, 1.165) is 11.1 Å². The van der Waals surface area contributed by atoms with Crippen LogP contribution in [0.25, 0.3) is 0 Å². The van der Waals surface area contributed by atoms with Gasteiger partial charge in [-0.2, -0.15) is 0 Å². The van der Waals surface area contributed by atoms with Gasteiger partial charge in [-0.1, -0.05) is 30.3 Å². The summed E-state index contributed by atoms with van der Waals surface area (Å²) in [6.07, 6.45) is 0. The number of hydrogen-bond acceptors (Lipinski definition) is 3. The Labute approximate surface area is 112 Å². The Morgan fingerprint density at radius 2 is 1.89 bits per heavy atom. The van der Waals surface area contributed by atoms with Crippen LogP contribution in [0.4, 0.5) is 4.39 Å². The number of aryl methyl sites for hydroxylation is 1. The van der Waals surface area contributed by atoms with Crippen LogP contribution < -0.4 is 16.0 Å². The summed E-state index contributed by atoms with van der Waals surface area (Å²) in [5, 5.41) is 0. The Morgan fingerprint density at radius 1 is 1.16 bits per heavy atom. The van der Waals surface area contributed by atoms with E-state index in [2.05, 4.69) is 5.43 Å². The molecule has 0 aliphatic rings. The van der Waals surface area contributed by atoms with Crippen molar-refractivity contribution in [2.45, 2.75) is 13.0 Å². The molecule has 0 heterocycles. The highest BCUT2D eigenvalue weighted by Gasteiger charge is 2.22. The highest BCUT2D eigenvalue weighted by atomic mass is 19.1. The summed E-state index contributed by atoms with van der Waals surface area (Å²) in [6, 6.07) is 12.0. The van der Waals surface area contributed by atoms with Gasteiger partial charge in [0.1, 0.15) is 11.6 Å². The molecular formula is C15H17FN2O. The highest BCUT2D eigenvalue weighted by molar-refractivity contribution is 5.44. The molecule has 0 radical (unpaired) electrons. The monoisotopic (exact) mass is 260 g/mol. The van der Waals surface area contributed by atoms with Crippen LogP contribution in [-0.2, 0) is 0 Å². The van der Waals surface area contributed by atoms with Crippen molar-refractivity contribution in [2.75, 3.05) is 7.11 Å². The van der Waals surface area contributed by atoms with Gasteiger partial charge in [0, 0.05) is 0 Å². The van der Waals surface area contributed by atoms with Gasteiger partial charge in [-0.05, 0) is 30.2 Å². The summed E-state index contributed by atoms with van der Waals surface area (Å²) in [5.74, 6) is 5.76. The fraction of sp³-hybridized carbons (Fsp3) is 0.200. The molecule has 0 saturated heterocycles. The molecule has 100 valence electrons. The maximum atomic E-state index is 14.1.